The number of rotatable bonds is 5. The van der Waals surface area contributed by atoms with Gasteiger partial charge in [0.15, 0.2) is 5.96 Å². The number of benzene rings is 1. The Kier molecular flexibility index (Phi) is 7.99. The Hall–Kier alpha value is -1.37. The van der Waals surface area contributed by atoms with Crippen LogP contribution in [0.3, 0.4) is 0 Å². The molecule has 30 heavy (non-hydrogen) atoms. The zero-order valence-electron chi connectivity index (χ0n) is 16.6. The summed E-state index contributed by atoms with van der Waals surface area (Å²) in [6.07, 6.45) is 3.77. The molecule has 0 bridgehead atoms. The van der Waals surface area contributed by atoms with Crippen LogP contribution in [0.1, 0.15) is 42.2 Å². The van der Waals surface area contributed by atoms with Gasteiger partial charge in [-0.25, -0.2) is 13.4 Å². The molecule has 10 heteroatoms. The predicted molar refractivity (Wildman–Crippen MR) is 130 cm³/mol. The molecule has 1 aromatic heterocycles. The number of para-hydroxylation sites is 1. The summed E-state index contributed by atoms with van der Waals surface area (Å²) in [5, 5.41) is 3.26. The van der Waals surface area contributed by atoms with Crippen LogP contribution in [0.15, 0.2) is 45.6 Å². The Labute approximate surface area is 198 Å². The molecule has 2 aliphatic rings. The topological polar surface area (TPSA) is 97.0 Å². The second-order valence-electron chi connectivity index (χ2n) is 7.26. The Morgan fingerprint density at radius 2 is 1.97 bits per heavy atom. The van der Waals surface area contributed by atoms with Gasteiger partial charge in [-0.05, 0) is 31.0 Å². The van der Waals surface area contributed by atoms with Gasteiger partial charge in [0, 0.05) is 30.0 Å². The lowest BCUT2D eigenvalue weighted by atomic mass is 10.0. The molecule has 0 amide bonds. The molecule has 0 aliphatic carbocycles. The minimum Gasteiger partial charge on any atom is -0.493 e. The van der Waals surface area contributed by atoms with E-state index < -0.39 is 10.0 Å². The maximum Gasteiger partial charge on any atom is 0.252 e. The monoisotopic (exact) mass is 562 g/mol. The van der Waals surface area contributed by atoms with E-state index >= 15 is 0 Å². The first-order valence-corrected chi connectivity index (χ1v) is 12.2. The number of thiophene rings is 1. The molecule has 2 aromatic rings. The molecule has 1 atom stereocenters. The standard InChI is InChI=1S/C20H26N4O3S2.HI/c21-20(23-17-10-13-27-18-7-3-2-6-16(17)18)22-14-15-8-9-19(28-15)29(25,26)24-11-4-1-5-12-24;/h2-3,6-9,17H,1,4-5,10-14H2,(H3,21,22,23);1H. The van der Waals surface area contributed by atoms with Gasteiger partial charge in [-0.15, -0.1) is 35.3 Å². The molecule has 0 spiro atoms. The Bertz CT molecular complexity index is 987. The number of guanidine groups is 1. The molecule has 3 heterocycles. The highest BCUT2D eigenvalue weighted by Gasteiger charge is 2.27. The second-order valence-corrected chi connectivity index (χ2v) is 10.6. The van der Waals surface area contributed by atoms with Crippen molar-refractivity contribution in [2.45, 2.75) is 42.5 Å². The number of sulfonamides is 1. The molecule has 1 saturated heterocycles. The largest absolute Gasteiger partial charge is 0.493 e. The third-order valence-corrected chi connectivity index (χ3v) is 8.67. The Balaban J connectivity index is 0.00000256. The fraction of sp³-hybridized carbons (Fsp3) is 0.450. The maximum absolute atomic E-state index is 12.8. The summed E-state index contributed by atoms with van der Waals surface area (Å²) in [6.45, 7) is 2.20. The smallest absolute Gasteiger partial charge is 0.252 e. The zero-order chi connectivity index (χ0) is 20.3. The number of ether oxygens (including phenoxy) is 1. The van der Waals surface area contributed by atoms with Gasteiger partial charge in [0.1, 0.15) is 9.96 Å². The molecule has 4 rings (SSSR count). The van der Waals surface area contributed by atoms with Crippen molar-refractivity contribution in [1.29, 1.82) is 0 Å². The predicted octanol–water partition coefficient (Wildman–Crippen LogP) is 3.47. The number of fused-ring (bicyclic) bond motifs is 1. The zero-order valence-corrected chi connectivity index (χ0v) is 20.6. The first-order valence-electron chi connectivity index (χ1n) is 9.91. The second kappa shape index (κ2) is 10.3. The van der Waals surface area contributed by atoms with Gasteiger partial charge in [0.05, 0.1) is 19.2 Å². The van der Waals surface area contributed by atoms with Crippen LogP contribution in [-0.2, 0) is 16.6 Å². The van der Waals surface area contributed by atoms with Crippen molar-refractivity contribution in [3.05, 3.63) is 46.8 Å². The van der Waals surface area contributed by atoms with Gasteiger partial charge in [-0.1, -0.05) is 24.6 Å². The number of hydrogen-bond acceptors (Lipinski definition) is 5. The number of halogens is 1. The van der Waals surface area contributed by atoms with Crippen molar-refractivity contribution in [3.63, 3.8) is 0 Å². The summed E-state index contributed by atoms with van der Waals surface area (Å²) in [7, 11) is -3.39. The normalized spacial score (nSPS) is 20.0. The highest BCUT2D eigenvalue weighted by molar-refractivity contribution is 14.0. The molecule has 3 N–H and O–H groups in total. The van der Waals surface area contributed by atoms with E-state index in [0.29, 0.717) is 36.4 Å². The lowest BCUT2D eigenvalue weighted by molar-refractivity contribution is 0.262. The fourth-order valence-electron chi connectivity index (χ4n) is 3.69. The lowest BCUT2D eigenvalue weighted by Gasteiger charge is -2.26. The average molecular weight is 562 g/mol. The van der Waals surface area contributed by atoms with Crippen LogP contribution < -0.4 is 15.8 Å². The Morgan fingerprint density at radius 3 is 2.77 bits per heavy atom. The van der Waals surface area contributed by atoms with Crippen LogP contribution >= 0.6 is 35.3 Å². The summed E-state index contributed by atoms with van der Waals surface area (Å²) in [6, 6.07) is 11.5. The first-order chi connectivity index (χ1) is 14.0. The number of nitrogens with one attached hydrogen (secondary N) is 1. The molecule has 164 valence electrons. The van der Waals surface area contributed by atoms with Gasteiger partial charge in [-0.3, -0.25) is 0 Å². The minimum atomic E-state index is -3.39. The lowest BCUT2D eigenvalue weighted by Crippen LogP contribution is -2.37. The van der Waals surface area contributed by atoms with Crippen LogP contribution in [0.2, 0.25) is 0 Å². The van der Waals surface area contributed by atoms with Gasteiger partial charge >= 0.3 is 0 Å². The van der Waals surface area contributed by atoms with Gasteiger partial charge in [-0.2, -0.15) is 4.31 Å². The number of hydrogen-bond donors (Lipinski definition) is 2. The summed E-state index contributed by atoms with van der Waals surface area (Å²) in [5.74, 6) is 1.22. The average Bonchev–Trinajstić information content (AvgIpc) is 3.23. The maximum atomic E-state index is 12.8. The van der Waals surface area contributed by atoms with Gasteiger partial charge < -0.3 is 15.8 Å². The van der Waals surface area contributed by atoms with E-state index in [0.717, 1.165) is 41.9 Å². The van der Waals surface area contributed by atoms with E-state index in [1.165, 1.54) is 11.3 Å². The van der Waals surface area contributed by atoms with Crippen LogP contribution in [0.5, 0.6) is 5.75 Å². The molecule has 1 unspecified atom stereocenters. The summed E-state index contributed by atoms with van der Waals surface area (Å²) < 4.78 is 33.2. The number of aliphatic imine (C=N–C) groups is 1. The number of piperidine rings is 1. The molecule has 0 saturated carbocycles. The fourth-order valence-corrected chi connectivity index (χ4v) is 6.65. The van der Waals surface area contributed by atoms with Crippen molar-refractivity contribution in [1.82, 2.24) is 9.62 Å². The molecular formula is C20H27IN4O3S2. The van der Waals surface area contributed by atoms with E-state index in [-0.39, 0.29) is 30.0 Å². The van der Waals surface area contributed by atoms with Gasteiger partial charge in [0.2, 0.25) is 0 Å². The highest BCUT2D eigenvalue weighted by Crippen LogP contribution is 2.31. The summed E-state index contributed by atoms with van der Waals surface area (Å²) in [4.78, 5) is 5.29. The first kappa shape index (κ1) is 23.3. The Morgan fingerprint density at radius 1 is 1.20 bits per heavy atom. The molecule has 1 aromatic carbocycles. The van der Waals surface area contributed by atoms with Crippen molar-refractivity contribution in [2.24, 2.45) is 10.7 Å². The minimum absolute atomic E-state index is 0. The van der Waals surface area contributed by atoms with Crippen molar-refractivity contribution >= 4 is 51.3 Å². The van der Waals surface area contributed by atoms with E-state index in [9.17, 15) is 8.42 Å². The summed E-state index contributed by atoms with van der Waals surface area (Å²) >= 11 is 1.27. The number of nitrogens with two attached hydrogens (primary N) is 1. The molecule has 2 aliphatic heterocycles. The molecule has 1 fully saturated rings. The third kappa shape index (κ3) is 5.27. The van der Waals surface area contributed by atoms with Crippen molar-refractivity contribution < 1.29 is 13.2 Å². The highest BCUT2D eigenvalue weighted by atomic mass is 127. The van der Waals surface area contributed by atoms with Gasteiger partial charge in [0.25, 0.3) is 10.0 Å². The van der Waals surface area contributed by atoms with Crippen LogP contribution in [0.4, 0.5) is 0 Å². The van der Waals surface area contributed by atoms with E-state index in [1.54, 1.807) is 10.4 Å². The van der Waals surface area contributed by atoms with Crippen molar-refractivity contribution in [2.75, 3.05) is 19.7 Å². The van der Waals surface area contributed by atoms with E-state index in [1.807, 2.05) is 30.3 Å². The summed E-state index contributed by atoms with van der Waals surface area (Å²) in [5.41, 5.74) is 7.17. The van der Waals surface area contributed by atoms with Crippen LogP contribution in [0.25, 0.3) is 0 Å². The van der Waals surface area contributed by atoms with Crippen LogP contribution in [-0.4, -0.2) is 38.4 Å². The van der Waals surface area contributed by atoms with Crippen molar-refractivity contribution in [3.8, 4) is 5.75 Å². The number of nitrogens with zero attached hydrogens (tertiary/aromatic N) is 2. The molecule has 0 radical (unpaired) electrons. The van der Waals surface area contributed by atoms with E-state index in [4.69, 9.17) is 10.5 Å². The molecular weight excluding hydrogens is 535 g/mol. The third-order valence-electron chi connectivity index (χ3n) is 5.23. The molecule has 7 nitrogen and oxygen atoms in total. The SMILES string of the molecule is I.NC(=NCc1ccc(S(=O)(=O)N2CCCCC2)s1)NC1CCOc2ccccc21. The quantitative estimate of drug-likeness (QED) is 0.331. The van der Waals surface area contributed by atoms with E-state index in [2.05, 4.69) is 10.3 Å². The van der Waals surface area contributed by atoms with Crippen LogP contribution in [0, 0.1) is 0 Å².